The molecule has 298 valence electrons. The predicted octanol–water partition coefficient (Wildman–Crippen LogP) is 7.97. The molecule has 2 saturated carbocycles. The summed E-state index contributed by atoms with van der Waals surface area (Å²) in [6.07, 6.45) is 7.79. The minimum Gasteiger partial charge on any atom is -0.496 e. The number of hydrogen-bond acceptors (Lipinski definition) is 12. The van der Waals surface area contributed by atoms with Gasteiger partial charge in [0.05, 0.1) is 39.8 Å². The minimum absolute atomic E-state index is 0.151. The van der Waals surface area contributed by atoms with Crippen molar-refractivity contribution in [1.82, 2.24) is 9.97 Å². The number of nitrogens with two attached hydrogens (primary N) is 3. The second kappa shape index (κ2) is 20.4. The molecule has 6 rings (SSSR count). The molecule has 0 amide bonds. The lowest BCUT2D eigenvalue weighted by Crippen LogP contribution is -2.23. The van der Waals surface area contributed by atoms with Crippen molar-refractivity contribution in [3.8, 4) is 40.6 Å². The van der Waals surface area contributed by atoms with E-state index in [1.54, 1.807) is 33.6 Å². The second-order valence-corrected chi connectivity index (χ2v) is 13.9. The SMILES string of the molecule is COc1cc(O/C(C#N)=C/Nc2ccccc2)c(C(C)C)cc1OC.COc1cc(Oc2cnc(NC3CC3)nc2N)c(C(C)C)cc1C.NC(N)=NC1CC1. The number of para-hydroxylation sites is 1. The molecule has 0 spiro atoms. The summed E-state index contributed by atoms with van der Waals surface area (Å²) in [6, 6.07) is 20.1. The van der Waals surface area contributed by atoms with Crippen molar-refractivity contribution < 1.29 is 23.7 Å². The van der Waals surface area contributed by atoms with Crippen LogP contribution in [-0.2, 0) is 0 Å². The third-order valence-electron chi connectivity index (χ3n) is 8.55. The van der Waals surface area contributed by atoms with Crippen molar-refractivity contribution in [2.45, 2.75) is 84.2 Å². The molecule has 2 aliphatic rings. The molecule has 0 radical (unpaired) electrons. The van der Waals surface area contributed by atoms with E-state index in [0.29, 0.717) is 58.5 Å². The Hall–Kier alpha value is -6.36. The lowest BCUT2D eigenvalue weighted by Gasteiger charge is -2.17. The van der Waals surface area contributed by atoms with Crippen molar-refractivity contribution in [2.75, 3.05) is 37.7 Å². The number of methoxy groups -OCH3 is 3. The number of aliphatic imine (C=N–C) groups is 1. The number of nitrogen functional groups attached to an aromatic ring is 1. The van der Waals surface area contributed by atoms with E-state index in [9.17, 15) is 5.26 Å². The summed E-state index contributed by atoms with van der Waals surface area (Å²) in [5.41, 5.74) is 20.1. The molecule has 4 aromatic rings. The first kappa shape index (κ1) is 42.4. The molecule has 2 fully saturated rings. The molecule has 14 nitrogen and oxygen atoms in total. The van der Waals surface area contributed by atoms with Crippen molar-refractivity contribution in [2.24, 2.45) is 16.5 Å². The molecule has 8 N–H and O–H groups in total. The summed E-state index contributed by atoms with van der Waals surface area (Å²) in [6.45, 7) is 10.4. The molecule has 0 atom stereocenters. The van der Waals surface area contributed by atoms with Crippen LogP contribution in [0, 0.1) is 18.3 Å². The topological polar surface area (TPSA) is 210 Å². The van der Waals surface area contributed by atoms with Crippen LogP contribution in [0.3, 0.4) is 0 Å². The molecule has 0 bridgehead atoms. The molecule has 14 heteroatoms. The van der Waals surface area contributed by atoms with Crippen LogP contribution >= 0.6 is 0 Å². The van der Waals surface area contributed by atoms with Crippen LogP contribution in [0.25, 0.3) is 0 Å². The third-order valence-corrected chi connectivity index (χ3v) is 8.55. The van der Waals surface area contributed by atoms with Gasteiger partial charge < -0.3 is 51.5 Å². The van der Waals surface area contributed by atoms with E-state index in [1.165, 1.54) is 6.20 Å². The first-order chi connectivity index (χ1) is 26.8. The predicted molar refractivity (Wildman–Crippen MR) is 222 cm³/mol. The Labute approximate surface area is 330 Å². The fourth-order valence-corrected chi connectivity index (χ4v) is 5.23. The zero-order chi connectivity index (χ0) is 40.8. The van der Waals surface area contributed by atoms with Gasteiger partial charge in [0, 0.05) is 29.4 Å². The van der Waals surface area contributed by atoms with Gasteiger partial charge in [-0.15, -0.1) is 0 Å². The van der Waals surface area contributed by atoms with Crippen LogP contribution in [0.15, 0.2) is 77.7 Å². The molecule has 1 aromatic heterocycles. The maximum absolute atomic E-state index is 9.38. The molecule has 2 aliphatic carbocycles. The Morgan fingerprint density at radius 1 is 0.839 bits per heavy atom. The van der Waals surface area contributed by atoms with E-state index < -0.39 is 0 Å². The fourth-order valence-electron chi connectivity index (χ4n) is 5.23. The average Bonchev–Trinajstić information content (AvgIpc) is 4.13. The molecular weight excluding hydrogens is 711 g/mol. The smallest absolute Gasteiger partial charge is 0.225 e. The van der Waals surface area contributed by atoms with Gasteiger partial charge in [-0.2, -0.15) is 10.2 Å². The number of guanidine groups is 1. The van der Waals surface area contributed by atoms with Crippen LogP contribution in [0.4, 0.5) is 17.5 Å². The zero-order valence-electron chi connectivity index (χ0n) is 33.6. The van der Waals surface area contributed by atoms with E-state index in [0.717, 1.165) is 53.8 Å². The Kier molecular flexibility index (Phi) is 15.4. The van der Waals surface area contributed by atoms with Gasteiger partial charge >= 0.3 is 0 Å². The summed E-state index contributed by atoms with van der Waals surface area (Å²) in [5, 5.41) is 15.7. The summed E-state index contributed by atoms with van der Waals surface area (Å²) in [4.78, 5) is 12.4. The quantitative estimate of drug-likeness (QED) is 0.0357. The van der Waals surface area contributed by atoms with E-state index in [4.69, 9.17) is 40.9 Å². The lowest BCUT2D eigenvalue weighted by molar-refractivity contribution is 0.349. The van der Waals surface area contributed by atoms with Gasteiger partial charge in [0.2, 0.25) is 11.7 Å². The van der Waals surface area contributed by atoms with E-state index in [-0.39, 0.29) is 17.6 Å². The molecule has 0 unspecified atom stereocenters. The van der Waals surface area contributed by atoms with Gasteiger partial charge in [-0.25, -0.2) is 4.98 Å². The number of nitrogens with one attached hydrogen (secondary N) is 2. The first-order valence-electron chi connectivity index (χ1n) is 18.5. The lowest BCUT2D eigenvalue weighted by atomic mass is 9.99. The number of aromatic nitrogens is 2. The number of nitrogens with zero attached hydrogens (tertiary/aromatic N) is 4. The third kappa shape index (κ3) is 12.9. The summed E-state index contributed by atoms with van der Waals surface area (Å²) in [5.74, 6) is 5.43. The molecular formula is C42H55N9O5. The highest BCUT2D eigenvalue weighted by molar-refractivity contribution is 5.76. The molecule has 0 aliphatic heterocycles. The number of allylic oxidation sites excluding steroid dienone is 1. The van der Waals surface area contributed by atoms with Gasteiger partial charge in [-0.05, 0) is 79.8 Å². The minimum atomic E-state index is 0.151. The number of nitriles is 1. The Balaban J connectivity index is 0.000000212. The molecule has 1 heterocycles. The number of rotatable bonds is 14. The Morgan fingerprint density at radius 3 is 1.96 bits per heavy atom. The standard InChI is InChI=1S/C20H22N2O3.C18H24N4O2.C4H9N3/c1-14(2)17-10-19(23-3)20(24-4)11-18(17)25-16(12-21)13-22-15-8-6-5-7-9-15;1-10(2)13-7-11(3)14(23-4)8-15(13)24-16-9-20-18(22-17(16)19)21-12-5-6-12;5-4(6)7-3-1-2-3/h5-11,13-14,22H,1-4H3;7-10,12H,5-6H2,1-4H3,(H3,19,20,21,22);3H,1-2H2,(H4,5,6,7)/b16-13+;;. The largest absolute Gasteiger partial charge is 0.496 e. The van der Waals surface area contributed by atoms with Gasteiger partial charge in [0.25, 0.3) is 0 Å². The van der Waals surface area contributed by atoms with Crippen LogP contribution in [0.1, 0.15) is 81.9 Å². The van der Waals surface area contributed by atoms with Crippen LogP contribution in [0.5, 0.6) is 34.5 Å². The van der Waals surface area contributed by atoms with Crippen molar-refractivity contribution in [3.05, 3.63) is 89.4 Å². The number of anilines is 3. The van der Waals surface area contributed by atoms with E-state index in [2.05, 4.69) is 51.6 Å². The van der Waals surface area contributed by atoms with Crippen molar-refractivity contribution in [1.29, 1.82) is 5.26 Å². The second-order valence-electron chi connectivity index (χ2n) is 13.9. The summed E-state index contributed by atoms with van der Waals surface area (Å²) < 4.78 is 27.9. The van der Waals surface area contributed by atoms with Crippen LogP contribution in [-0.4, -0.2) is 49.3 Å². The van der Waals surface area contributed by atoms with Crippen molar-refractivity contribution >= 4 is 23.4 Å². The Morgan fingerprint density at radius 2 is 1.45 bits per heavy atom. The molecule has 0 saturated heterocycles. The number of aryl methyl sites for hydroxylation is 1. The highest BCUT2D eigenvalue weighted by Crippen LogP contribution is 2.39. The summed E-state index contributed by atoms with van der Waals surface area (Å²) in [7, 11) is 4.80. The highest BCUT2D eigenvalue weighted by Gasteiger charge is 2.23. The normalized spacial score (nSPS) is 13.2. The van der Waals surface area contributed by atoms with Crippen molar-refractivity contribution in [3.63, 3.8) is 0 Å². The maximum atomic E-state index is 9.38. The average molecular weight is 766 g/mol. The Bertz CT molecular complexity index is 2000. The summed E-state index contributed by atoms with van der Waals surface area (Å²) >= 11 is 0. The molecule has 3 aromatic carbocycles. The van der Waals surface area contributed by atoms with Crippen LogP contribution < -0.4 is 51.5 Å². The van der Waals surface area contributed by atoms with E-state index in [1.807, 2.05) is 63.2 Å². The van der Waals surface area contributed by atoms with Gasteiger partial charge in [-0.3, -0.25) is 4.99 Å². The molecule has 56 heavy (non-hydrogen) atoms. The fraction of sp³-hybridized carbons (Fsp3) is 0.381. The highest BCUT2D eigenvalue weighted by atomic mass is 16.5. The van der Waals surface area contributed by atoms with E-state index >= 15 is 0 Å². The first-order valence-corrected chi connectivity index (χ1v) is 18.5. The number of ether oxygens (including phenoxy) is 5. The zero-order valence-corrected chi connectivity index (χ0v) is 33.6. The van der Waals surface area contributed by atoms with Gasteiger partial charge in [0.1, 0.15) is 23.3 Å². The van der Waals surface area contributed by atoms with Gasteiger partial charge in [0.15, 0.2) is 29.0 Å². The van der Waals surface area contributed by atoms with Crippen LogP contribution in [0.2, 0.25) is 0 Å². The number of hydrogen-bond donors (Lipinski definition) is 5. The monoisotopic (exact) mass is 765 g/mol. The maximum Gasteiger partial charge on any atom is 0.225 e. The number of benzene rings is 3. The van der Waals surface area contributed by atoms with Gasteiger partial charge in [-0.1, -0.05) is 45.9 Å².